The lowest BCUT2D eigenvalue weighted by Gasteiger charge is -2.17. The van der Waals surface area contributed by atoms with E-state index in [1.165, 1.54) is 12.0 Å². The Morgan fingerprint density at radius 1 is 1.38 bits per heavy atom. The van der Waals surface area contributed by atoms with Crippen molar-refractivity contribution in [3.05, 3.63) is 29.8 Å². The maximum Gasteiger partial charge on any atom is 0.115 e. The molecule has 0 bridgehead atoms. The molecule has 1 aromatic carbocycles. The van der Waals surface area contributed by atoms with E-state index in [0.717, 1.165) is 24.8 Å². The van der Waals surface area contributed by atoms with Crippen molar-refractivity contribution < 1.29 is 5.11 Å². The Kier molecular flexibility index (Phi) is 3.49. The molecule has 0 spiro atoms. The number of aromatic hydroxyl groups is 1. The standard InChI is InChI=1S/C14H21NO/c1-3-15-14(13-8-10(13)2)9-11-4-6-12(16)7-5-11/h4-7,10,13-16H,3,8-9H2,1-2H3. The van der Waals surface area contributed by atoms with Crippen molar-refractivity contribution in [3.8, 4) is 5.75 Å². The molecule has 2 rings (SSSR count). The van der Waals surface area contributed by atoms with Crippen LogP contribution in [0.1, 0.15) is 25.8 Å². The van der Waals surface area contributed by atoms with Crippen LogP contribution in [0.3, 0.4) is 0 Å². The summed E-state index contributed by atoms with van der Waals surface area (Å²) in [5.74, 6) is 2.07. The van der Waals surface area contributed by atoms with Gasteiger partial charge in [-0.25, -0.2) is 0 Å². The first-order valence-corrected chi connectivity index (χ1v) is 6.22. The Morgan fingerprint density at radius 2 is 2.00 bits per heavy atom. The van der Waals surface area contributed by atoms with Crippen LogP contribution < -0.4 is 5.32 Å². The lowest BCUT2D eigenvalue weighted by molar-refractivity contribution is 0.453. The highest BCUT2D eigenvalue weighted by Crippen LogP contribution is 2.41. The van der Waals surface area contributed by atoms with Crippen LogP contribution in [-0.2, 0) is 6.42 Å². The Balaban J connectivity index is 1.97. The van der Waals surface area contributed by atoms with Gasteiger partial charge >= 0.3 is 0 Å². The molecule has 2 N–H and O–H groups in total. The second kappa shape index (κ2) is 4.88. The molecule has 0 amide bonds. The second-order valence-electron chi connectivity index (χ2n) is 4.91. The van der Waals surface area contributed by atoms with E-state index < -0.39 is 0 Å². The molecule has 1 aliphatic carbocycles. The highest BCUT2D eigenvalue weighted by Gasteiger charge is 2.38. The fourth-order valence-electron chi connectivity index (χ4n) is 2.43. The highest BCUT2D eigenvalue weighted by molar-refractivity contribution is 5.26. The van der Waals surface area contributed by atoms with Gasteiger partial charge in [-0.1, -0.05) is 26.0 Å². The van der Waals surface area contributed by atoms with Gasteiger partial charge in [0.15, 0.2) is 0 Å². The molecular formula is C14H21NO. The molecule has 0 aromatic heterocycles. The minimum Gasteiger partial charge on any atom is -0.508 e. The van der Waals surface area contributed by atoms with Crippen LogP contribution in [0.4, 0.5) is 0 Å². The molecule has 2 nitrogen and oxygen atoms in total. The van der Waals surface area contributed by atoms with Crippen molar-refractivity contribution >= 4 is 0 Å². The minimum atomic E-state index is 0.351. The van der Waals surface area contributed by atoms with Gasteiger partial charge in [-0.05, 0) is 48.9 Å². The van der Waals surface area contributed by atoms with Crippen LogP contribution in [0.2, 0.25) is 0 Å². The van der Waals surface area contributed by atoms with Crippen LogP contribution in [0.25, 0.3) is 0 Å². The van der Waals surface area contributed by atoms with Gasteiger partial charge < -0.3 is 10.4 Å². The van der Waals surface area contributed by atoms with E-state index in [1.54, 1.807) is 12.1 Å². The molecule has 2 heteroatoms. The Morgan fingerprint density at radius 3 is 2.50 bits per heavy atom. The third-order valence-electron chi connectivity index (χ3n) is 3.55. The number of nitrogens with one attached hydrogen (secondary N) is 1. The number of benzene rings is 1. The van der Waals surface area contributed by atoms with Crippen LogP contribution in [0.5, 0.6) is 5.75 Å². The first-order chi connectivity index (χ1) is 7.70. The van der Waals surface area contributed by atoms with Gasteiger partial charge in [0.25, 0.3) is 0 Å². The molecule has 0 heterocycles. The minimum absolute atomic E-state index is 0.351. The fraction of sp³-hybridized carbons (Fsp3) is 0.571. The van der Waals surface area contributed by atoms with E-state index in [1.807, 2.05) is 12.1 Å². The van der Waals surface area contributed by atoms with Gasteiger partial charge in [0.2, 0.25) is 0 Å². The maximum absolute atomic E-state index is 9.24. The second-order valence-corrected chi connectivity index (χ2v) is 4.91. The summed E-state index contributed by atoms with van der Waals surface area (Å²) in [5.41, 5.74) is 1.31. The van der Waals surface area contributed by atoms with E-state index in [0.29, 0.717) is 11.8 Å². The van der Waals surface area contributed by atoms with E-state index in [-0.39, 0.29) is 0 Å². The fourth-order valence-corrected chi connectivity index (χ4v) is 2.43. The molecule has 3 unspecified atom stereocenters. The van der Waals surface area contributed by atoms with Crippen molar-refractivity contribution in [1.82, 2.24) is 5.32 Å². The first-order valence-electron chi connectivity index (χ1n) is 6.22. The average Bonchev–Trinajstić information content (AvgIpc) is 2.98. The van der Waals surface area contributed by atoms with Gasteiger partial charge in [0.1, 0.15) is 5.75 Å². The van der Waals surface area contributed by atoms with Gasteiger partial charge in [-0.2, -0.15) is 0 Å². The molecule has 0 aliphatic heterocycles. The zero-order valence-corrected chi connectivity index (χ0v) is 10.1. The van der Waals surface area contributed by atoms with Gasteiger partial charge in [0, 0.05) is 6.04 Å². The SMILES string of the molecule is CCNC(Cc1ccc(O)cc1)C1CC1C. The van der Waals surface area contributed by atoms with Gasteiger partial charge in [0.05, 0.1) is 0 Å². The molecule has 1 fully saturated rings. The first kappa shape index (κ1) is 11.5. The summed E-state index contributed by atoms with van der Waals surface area (Å²) >= 11 is 0. The molecular weight excluding hydrogens is 198 g/mol. The summed E-state index contributed by atoms with van der Waals surface area (Å²) in [5, 5.41) is 12.8. The van der Waals surface area contributed by atoms with Crippen molar-refractivity contribution in [2.45, 2.75) is 32.7 Å². The normalized spacial score (nSPS) is 25.4. The summed E-state index contributed by atoms with van der Waals surface area (Å²) < 4.78 is 0. The zero-order chi connectivity index (χ0) is 11.5. The summed E-state index contributed by atoms with van der Waals surface area (Å²) in [6, 6.07) is 8.19. The van der Waals surface area contributed by atoms with Crippen molar-refractivity contribution in [3.63, 3.8) is 0 Å². The van der Waals surface area contributed by atoms with Gasteiger partial charge in [-0.15, -0.1) is 0 Å². The average molecular weight is 219 g/mol. The quantitative estimate of drug-likeness (QED) is 0.797. The third-order valence-corrected chi connectivity index (χ3v) is 3.55. The van der Waals surface area contributed by atoms with E-state index in [4.69, 9.17) is 0 Å². The largest absolute Gasteiger partial charge is 0.508 e. The van der Waals surface area contributed by atoms with Crippen molar-refractivity contribution in [1.29, 1.82) is 0 Å². The predicted octanol–water partition coefficient (Wildman–Crippen LogP) is 2.57. The predicted molar refractivity (Wildman–Crippen MR) is 66.5 cm³/mol. The van der Waals surface area contributed by atoms with E-state index >= 15 is 0 Å². The van der Waals surface area contributed by atoms with Crippen LogP contribution in [-0.4, -0.2) is 17.7 Å². The number of likely N-dealkylation sites (N-methyl/N-ethyl adjacent to an activating group) is 1. The number of rotatable bonds is 5. The Labute approximate surface area is 97.7 Å². The monoisotopic (exact) mass is 219 g/mol. The van der Waals surface area contributed by atoms with Crippen molar-refractivity contribution in [2.75, 3.05) is 6.54 Å². The van der Waals surface area contributed by atoms with E-state index in [9.17, 15) is 5.11 Å². The van der Waals surface area contributed by atoms with E-state index in [2.05, 4.69) is 19.2 Å². The maximum atomic E-state index is 9.24. The number of phenols is 1. The Hall–Kier alpha value is -1.02. The molecule has 0 radical (unpaired) electrons. The summed E-state index contributed by atoms with van der Waals surface area (Å²) in [6.45, 7) is 5.52. The smallest absolute Gasteiger partial charge is 0.115 e. The Bertz CT molecular complexity index is 333. The van der Waals surface area contributed by atoms with Crippen LogP contribution in [0, 0.1) is 11.8 Å². The molecule has 1 aromatic rings. The molecule has 16 heavy (non-hydrogen) atoms. The lowest BCUT2D eigenvalue weighted by atomic mass is 10.0. The molecule has 88 valence electrons. The number of hydrogen-bond acceptors (Lipinski definition) is 2. The van der Waals surface area contributed by atoms with Crippen LogP contribution in [0.15, 0.2) is 24.3 Å². The van der Waals surface area contributed by atoms with Gasteiger partial charge in [-0.3, -0.25) is 0 Å². The molecule has 3 atom stereocenters. The molecule has 1 saturated carbocycles. The molecule has 0 saturated heterocycles. The number of hydrogen-bond donors (Lipinski definition) is 2. The third kappa shape index (κ3) is 2.76. The topological polar surface area (TPSA) is 32.3 Å². The highest BCUT2D eigenvalue weighted by atomic mass is 16.3. The summed E-state index contributed by atoms with van der Waals surface area (Å²) in [7, 11) is 0. The lowest BCUT2D eigenvalue weighted by Crippen LogP contribution is -2.33. The van der Waals surface area contributed by atoms with Crippen molar-refractivity contribution in [2.24, 2.45) is 11.8 Å². The summed E-state index contributed by atoms with van der Waals surface area (Å²) in [4.78, 5) is 0. The zero-order valence-electron chi connectivity index (χ0n) is 10.1. The molecule has 1 aliphatic rings. The van der Waals surface area contributed by atoms with Crippen LogP contribution >= 0.6 is 0 Å². The number of phenolic OH excluding ortho intramolecular Hbond substituents is 1. The summed E-state index contributed by atoms with van der Waals surface area (Å²) in [6.07, 6.45) is 2.43.